The fourth-order valence-electron chi connectivity index (χ4n) is 4.05. The van der Waals surface area contributed by atoms with Gasteiger partial charge in [-0.2, -0.15) is 0 Å². The average molecular weight is 308 g/mol. The zero-order valence-electron chi connectivity index (χ0n) is 13.2. The molecule has 118 valence electrons. The number of carbonyl (C=O) groups is 1. The topological polar surface area (TPSA) is 43.4 Å². The number of nitrogens with zero attached hydrogens (tertiary/aromatic N) is 2. The minimum Gasteiger partial charge on any atom is -0.633 e. The number of hydrogen-bond acceptors (Lipinski definition) is 3. The Hall–Kier alpha value is -2.17. The number of quaternary nitrogens is 1. The standard InChI is InChI=1S/C19H20N2O2/c1-21(23)12-11-19(14-21)18(22)16-9-5-6-10-17(16)20(19)13-15-7-3-2-4-8-15/h2-10H,11-14H2,1H3. The third-order valence-electron chi connectivity index (χ3n) is 5.16. The summed E-state index contributed by atoms with van der Waals surface area (Å²) in [6, 6.07) is 17.9. The van der Waals surface area contributed by atoms with Gasteiger partial charge in [-0.3, -0.25) is 4.79 Å². The van der Waals surface area contributed by atoms with Crippen LogP contribution in [0.1, 0.15) is 22.3 Å². The summed E-state index contributed by atoms with van der Waals surface area (Å²) < 4.78 is -0.342. The second kappa shape index (κ2) is 4.91. The van der Waals surface area contributed by atoms with Gasteiger partial charge in [-0.25, -0.2) is 0 Å². The fourth-order valence-corrected chi connectivity index (χ4v) is 4.05. The van der Waals surface area contributed by atoms with Gasteiger partial charge in [0.15, 0.2) is 11.3 Å². The molecule has 23 heavy (non-hydrogen) atoms. The van der Waals surface area contributed by atoms with Gasteiger partial charge in [0.25, 0.3) is 0 Å². The second-order valence-electron chi connectivity index (χ2n) is 6.88. The first kappa shape index (κ1) is 14.4. The molecule has 0 saturated carbocycles. The van der Waals surface area contributed by atoms with E-state index in [0.29, 0.717) is 26.1 Å². The van der Waals surface area contributed by atoms with Gasteiger partial charge in [-0.15, -0.1) is 0 Å². The van der Waals surface area contributed by atoms with E-state index < -0.39 is 5.54 Å². The Kier molecular flexibility index (Phi) is 3.08. The SMILES string of the molecule is C[N+]1([O-])CCC2(C1)C(=O)c1ccccc1N2Cc1ccccc1. The molecule has 2 aromatic carbocycles. The summed E-state index contributed by atoms with van der Waals surface area (Å²) in [4.78, 5) is 15.3. The smallest absolute Gasteiger partial charge is 0.196 e. The minimum atomic E-state index is -0.684. The summed E-state index contributed by atoms with van der Waals surface area (Å²) in [6.45, 7) is 1.47. The Bertz CT molecular complexity index is 757. The summed E-state index contributed by atoms with van der Waals surface area (Å²) in [5.74, 6) is 0.113. The number of benzene rings is 2. The van der Waals surface area contributed by atoms with Crippen molar-refractivity contribution in [1.29, 1.82) is 0 Å². The van der Waals surface area contributed by atoms with Crippen LogP contribution in [0, 0.1) is 5.21 Å². The van der Waals surface area contributed by atoms with Gasteiger partial charge < -0.3 is 14.8 Å². The van der Waals surface area contributed by atoms with Crippen LogP contribution in [-0.4, -0.2) is 36.1 Å². The lowest BCUT2D eigenvalue weighted by Crippen LogP contribution is -2.54. The van der Waals surface area contributed by atoms with Gasteiger partial charge in [0.2, 0.25) is 0 Å². The number of rotatable bonds is 2. The van der Waals surface area contributed by atoms with Crippen LogP contribution in [-0.2, 0) is 6.54 Å². The van der Waals surface area contributed by atoms with Crippen molar-refractivity contribution < 1.29 is 9.44 Å². The first-order chi connectivity index (χ1) is 11.0. The van der Waals surface area contributed by atoms with Crippen LogP contribution in [0.2, 0.25) is 0 Å². The van der Waals surface area contributed by atoms with Gasteiger partial charge in [0, 0.05) is 24.2 Å². The Morgan fingerprint density at radius 1 is 1.13 bits per heavy atom. The number of ketones is 1. The molecule has 2 atom stereocenters. The highest BCUT2D eigenvalue weighted by Crippen LogP contribution is 2.45. The molecule has 1 spiro atoms. The van der Waals surface area contributed by atoms with Crippen LogP contribution < -0.4 is 4.90 Å². The molecule has 0 amide bonds. The molecular weight excluding hydrogens is 288 g/mol. The van der Waals surface area contributed by atoms with Crippen molar-refractivity contribution in [1.82, 2.24) is 0 Å². The Morgan fingerprint density at radius 2 is 1.83 bits per heavy atom. The molecule has 0 bridgehead atoms. The van der Waals surface area contributed by atoms with Gasteiger partial charge in [0.05, 0.1) is 13.6 Å². The molecule has 0 aliphatic carbocycles. The third-order valence-corrected chi connectivity index (χ3v) is 5.16. The summed E-state index contributed by atoms with van der Waals surface area (Å²) in [7, 11) is 1.67. The number of likely N-dealkylation sites (N-methyl/N-ethyl adjacent to an activating group) is 1. The maximum atomic E-state index is 13.1. The molecule has 4 heteroatoms. The molecule has 2 aliphatic heterocycles. The van der Waals surface area contributed by atoms with E-state index in [1.807, 2.05) is 42.5 Å². The number of hydrogen-bond donors (Lipinski definition) is 0. The molecule has 1 fully saturated rings. The highest BCUT2D eigenvalue weighted by molar-refractivity contribution is 6.14. The molecular formula is C19H20N2O2. The fraction of sp³-hybridized carbons (Fsp3) is 0.316. The number of fused-ring (bicyclic) bond motifs is 1. The zero-order chi connectivity index (χ0) is 16.1. The van der Waals surface area contributed by atoms with Crippen LogP contribution >= 0.6 is 0 Å². The van der Waals surface area contributed by atoms with E-state index in [4.69, 9.17) is 0 Å². The second-order valence-corrected chi connectivity index (χ2v) is 6.88. The Labute approximate surface area is 136 Å². The zero-order valence-corrected chi connectivity index (χ0v) is 13.2. The van der Waals surface area contributed by atoms with E-state index in [2.05, 4.69) is 17.0 Å². The van der Waals surface area contributed by atoms with E-state index in [9.17, 15) is 10.0 Å². The molecule has 1 saturated heterocycles. The van der Waals surface area contributed by atoms with Crippen LogP contribution in [0.3, 0.4) is 0 Å². The van der Waals surface area contributed by atoms with Crippen molar-refractivity contribution in [3.63, 3.8) is 0 Å². The summed E-state index contributed by atoms with van der Waals surface area (Å²) in [5.41, 5.74) is 2.19. The maximum Gasteiger partial charge on any atom is 0.196 e. The average Bonchev–Trinajstić information content (AvgIpc) is 2.99. The lowest BCUT2D eigenvalue weighted by molar-refractivity contribution is -0.848. The van der Waals surface area contributed by atoms with E-state index in [0.717, 1.165) is 16.8 Å². The van der Waals surface area contributed by atoms with Crippen molar-refractivity contribution in [2.24, 2.45) is 0 Å². The van der Waals surface area contributed by atoms with E-state index in [1.54, 1.807) is 7.05 Å². The Morgan fingerprint density at radius 3 is 2.52 bits per heavy atom. The quantitative estimate of drug-likeness (QED) is 0.633. The molecule has 2 aromatic rings. The maximum absolute atomic E-state index is 13.1. The number of carbonyl (C=O) groups excluding carboxylic acids is 1. The normalized spacial score (nSPS) is 29.3. The summed E-state index contributed by atoms with van der Waals surface area (Å²) in [5, 5.41) is 12.5. The van der Waals surface area contributed by atoms with E-state index in [-0.39, 0.29) is 10.4 Å². The first-order valence-electron chi connectivity index (χ1n) is 8.03. The molecule has 0 aromatic heterocycles. The minimum absolute atomic E-state index is 0.113. The van der Waals surface area contributed by atoms with Crippen molar-refractivity contribution >= 4 is 11.5 Å². The molecule has 2 unspecified atom stereocenters. The number of para-hydroxylation sites is 1. The number of Topliss-reactive ketones (excluding diaryl/α,β-unsaturated/α-hetero) is 1. The first-order valence-corrected chi connectivity index (χ1v) is 8.03. The predicted molar refractivity (Wildman–Crippen MR) is 90.0 cm³/mol. The van der Waals surface area contributed by atoms with Gasteiger partial charge in [0.1, 0.15) is 6.54 Å². The molecule has 2 aliphatic rings. The van der Waals surface area contributed by atoms with Crippen LogP contribution in [0.25, 0.3) is 0 Å². The van der Waals surface area contributed by atoms with Crippen molar-refractivity contribution in [2.45, 2.75) is 18.5 Å². The van der Waals surface area contributed by atoms with Crippen molar-refractivity contribution in [3.8, 4) is 0 Å². The van der Waals surface area contributed by atoms with Gasteiger partial charge in [-0.1, -0.05) is 42.5 Å². The molecule has 2 heterocycles. The number of hydroxylamine groups is 3. The van der Waals surface area contributed by atoms with Gasteiger partial charge >= 0.3 is 0 Å². The summed E-state index contributed by atoms with van der Waals surface area (Å²) >= 11 is 0. The van der Waals surface area contributed by atoms with Crippen molar-refractivity contribution in [3.05, 3.63) is 70.9 Å². The largest absolute Gasteiger partial charge is 0.633 e. The molecule has 4 rings (SSSR count). The monoisotopic (exact) mass is 308 g/mol. The molecule has 0 radical (unpaired) electrons. The highest BCUT2D eigenvalue weighted by atomic mass is 16.5. The Balaban J connectivity index is 1.80. The summed E-state index contributed by atoms with van der Waals surface area (Å²) in [6.07, 6.45) is 0.618. The highest BCUT2D eigenvalue weighted by Gasteiger charge is 2.57. The molecule has 4 nitrogen and oxygen atoms in total. The van der Waals surface area contributed by atoms with Crippen molar-refractivity contribution in [2.75, 3.05) is 25.0 Å². The van der Waals surface area contributed by atoms with Crippen LogP contribution in [0.4, 0.5) is 5.69 Å². The van der Waals surface area contributed by atoms with Crippen LogP contribution in [0.5, 0.6) is 0 Å². The molecule has 0 N–H and O–H groups in total. The number of likely N-dealkylation sites (tertiary alicyclic amines) is 1. The lowest BCUT2D eigenvalue weighted by atomic mass is 9.91. The van der Waals surface area contributed by atoms with E-state index >= 15 is 0 Å². The van der Waals surface area contributed by atoms with Crippen LogP contribution in [0.15, 0.2) is 54.6 Å². The number of anilines is 1. The lowest BCUT2D eigenvalue weighted by Gasteiger charge is -2.39. The van der Waals surface area contributed by atoms with E-state index in [1.165, 1.54) is 0 Å². The third kappa shape index (κ3) is 2.18. The van der Waals surface area contributed by atoms with Gasteiger partial charge in [-0.05, 0) is 17.7 Å². The predicted octanol–water partition coefficient (Wildman–Crippen LogP) is 2.98.